The van der Waals surface area contributed by atoms with E-state index in [1.807, 2.05) is 6.20 Å². The molecule has 0 atom stereocenters. The van der Waals surface area contributed by atoms with Gasteiger partial charge in [-0.2, -0.15) is 0 Å². The molecule has 1 aliphatic rings. The van der Waals surface area contributed by atoms with Crippen molar-refractivity contribution in [2.24, 2.45) is 0 Å². The van der Waals surface area contributed by atoms with Crippen molar-refractivity contribution < 1.29 is 0 Å². The fourth-order valence-electron chi connectivity index (χ4n) is 10.4. The largest absolute Gasteiger partial charge is 0.310 e. The van der Waals surface area contributed by atoms with Gasteiger partial charge < -0.3 is 4.57 Å². The topological polar surface area (TPSA) is 30.7 Å². The van der Waals surface area contributed by atoms with Crippen molar-refractivity contribution in [1.82, 2.24) is 14.5 Å². The summed E-state index contributed by atoms with van der Waals surface area (Å²) in [6.45, 7) is 0. The number of para-hydroxylation sites is 1. The number of aryl methyl sites for hydroxylation is 1. The fraction of sp³-hybridized carbons (Fsp3) is 0.0333. The van der Waals surface area contributed by atoms with Crippen LogP contribution in [0.2, 0.25) is 0 Å². The molecule has 3 nitrogen and oxygen atoms in total. The summed E-state index contributed by atoms with van der Waals surface area (Å²) < 4.78 is 2.43. The van der Waals surface area contributed by atoms with Crippen molar-refractivity contribution in [3.8, 4) is 50.3 Å². The highest BCUT2D eigenvalue weighted by atomic mass is 15.0. The molecular weight excluding hydrogens is 763 g/mol. The van der Waals surface area contributed by atoms with Crippen LogP contribution in [0.5, 0.6) is 0 Å². The summed E-state index contributed by atoms with van der Waals surface area (Å²) in [4.78, 5) is 10.4. The Hall–Kier alpha value is -8.14. The van der Waals surface area contributed by atoms with E-state index in [1.54, 1.807) is 0 Å². The van der Waals surface area contributed by atoms with Crippen molar-refractivity contribution in [2.45, 2.75) is 12.8 Å². The lowest BCUT2D eigenvalue weighted by Crippen LogP contribution is -1.99. The van der Waals surface area contributed by atoms with Gasteiger partial charge in [0.2, 0.25) is 0 Å². The molecule has 0 unspecified atom stereocenters. The Morgan fingerprint density at radius 1 is 0.397 bits per heavy atom. The van der Waals surface area contributed by atoms with E-state index in [4.69, 9.17) is 9.97 Å². The van der Waals surface area contributed by atoms with E-state index in [0.29, 0.717) is 0 Å². The molecule has 3 heteroatoms. The Balaban J connectivity index is 0.914. The second-order valence-electron chi connectivity index (χ2n) is 16.7. The van der Waals surface area contributed by atoms with Crippen molar-refractivity contribution in [1.29, 1.82) is 0 Å². The highest BCUT2D eigenvalue weighted by Gasteiger charge is 2.21. The number of nitrogens with zero attached hydrogens (tertiary/aromatic N) is 3. The summed E-state index contributed by atoms with van der Waals surface area (Å²) in [5.74, 6) is 0. The van der Waals surface area contributed by atoms with Crippen molar-refractivity contribution >= 4 is 71.1 Å². The maximum atomic E-state index is 5.31. The van der Waals surface area contributed by atoms with Gasteiger partial charge in [-0.15, -0.1) is 0 Å². The van der Waals surface area contributed by atoms with Crippen molar-refractivity contribution in [2.75, 3.05) is 0 Å². The van der Waals surface area contributed by atoms with Crippen LogP contribution >= 0.6 is 0 Å². The molecule has 0 saturated heterocycles. The fourth-order valence-corrected chi connectivity index (χ4v) is 10.4. The second kappa shape index (κ2) is 14.2. The van der Waals surface area contributed by atoms with Crippen LogP contribution in [0.3, 0.4) is 0 Å². The first-order valence-electron chi connectivity index (χ1n) is 21.9. The predicted octanol–water partition coefficient (Wildman–Crippen LogP) is 15.8. The lowest BCUT2D eigenvalue weighted by Gasteiger charge is -2.16. The summed E-state index contributed by atoms with van der Waals surface area (Å²) in [5, 5.41) is 10.9. The lowest BCUT2D eigenvalue weighted by atomic mass is 9.87. The third-order valence-corrected chi connectivity index (χ3v) is 13.3. The molecule has 13 rings (SSSR count). The number of hydrogen-bond acceptors (Lipinski definition) is 2. The summed E-state index contributed by atoms with van der Waals surface area (Å²) in [7, 11) is 0. The number of fused-ring (bicyclic) bond motifs is 11. The van der Waals surface area contributed by atoms with Crippen molar-refractivity contribution in [3.05, 3.63) is 218 Å². The Bertz CT molecular complexity index is 3820. The standard InChI is InChI=1S/C60H39N3/c1-2-17-41(18-3-1)63-57-28-13-12-25-52(57)55-36-39(29-34-58(55)63)43-31-33-51(47-22-7-5-20-45(43)47)50-32-30-42(44-19-4-6-21-46(44)50)38-15-14-16-40(35-38)56-37-61-59-53-26-10-8-23-48(53)49-24-9-11-27-54(49)60(59)62-56/h1-11,13-24,26-37H,12,25H2. The van der Waals surface area contributed by atoms with E-state index in [1.165, 1.54) is 88.0 Å². The molecule has 1 aliphatic carbocycles. The van der Waals surface area contributed by atoms with Gasteiger partial charge in [0.1, 0.15) is 0 Å². The van der Waals surface area contributed by atoms with E-state index in [2.05, 4.69) is 211 Å². The molecule has 0 radical (unpaired) electrons. The molecule has 0 N–H and O–H groups in total. The minimum absolute atomic E-state index is 0.863. The van der Waals surface area contributed by atoms with Crippen LogP contribution in [0.15, 0.2) is 206 Å². The van der Waals surface area contributed by atoms with E-state index in [9.17, 15) is 0 Å². The SMILES string of the molecule is C1=Cc2c(c3cc(-c4ccc(-c5ccc(-c6cccc(-c7cnc8c9ccccc9c9ccccc9c8n7)c6)c6ccccc56)c5ccccc45)ccc3n2-c2ccccc2)CC1. The molecule has 0 saturated carbocycles. The van der Waals surface area contributed by atoms with Gasteiger partial charge in [0.05, 0.1) is 28.4 Å². The van der Waals surface area contributed by atoms with Gasteiger partial charge in [-0.05, 0) is 121 Å². The Kier molecular flexibility index (Phi) is 8.04. The molecule has 294 valence electrons. The first-order valence-corrected chi connectivity index (χ1v) is 21.9. The Labute approximate surface area is 364 Å². The second-order valence-corrected chi connectivity index (χ2v) is 16.7. The van der Waals surface area contributed by atoms with Crippen LogP contribution in [-0.2, 0) is 6.42 Å². The molecule has 0 amide bonds. The zero-order chi connectivity index (χ0) is 41.4. The highest BCUT2D eigenvalue weighted by molar-refractivity contribution is 6.23. The van der Waals surface area contributed by atoms with Gasteiger partial charge in [0.15, 0.2) is 0 Å². The summed E-state index contributed by atoms with van der Waals surface area (Å²) >= 11 is 0. The quantitative estimate of drug-likeness (QED) is 0.162. The molecular formula is C60H39N3. The third-order valence-electron chi connectivity index (χ3n) is 13.3. The molecule has 0 bridgehead atoms. The van der Waals surface area contributed by atoms with Gasteiger partial charge in [-0.25, -0.2) is 4.98 Å². The number of allylic oxidation sites excluding steroid dienone is 1. The highest BCUT2D eigenvalue weighted by Crippen LogP contribution is 2.43. The number of hydrogen-bond donors (Lipinski definition) is 0. The normalized spacial score (nSPS) is 12.6. The third kappa shape index (κ3) is 5.60. The molecule has 2 heterocycles. The Morgan fingerprint density at radius 3 is 1.60 bits per heavy atom. The number of rotatable bonds is 5. The van der Waals surface area contributed by atoms with Crippen LogP contribution in [0.1, 0.15) is 17.7 Å². The molecule has 63 heavy (non-hydrogen) atoms. The summed E-state index contributed by atoms with van der Waals surface area (Å²) in [6.07, 6.45) is 8.67. The number of benzene rings is 10. The average Bonchev–Trinajstić information content (AvgIpc) is 3.69. The van der Waals surface area contributed by atoms with Gasteiger partial charge in [-0.3, -0.25) is 4.98 Å². The van der Waals surface area contributed by atoms with Crippen molar-refractivity contribution in [3.63, 3.8) is 0 Å². The van der Waals surface area contributed by atoms with Gasteiger partial charge in [0.25, 0.3) is 0 Å². The smallest absolute Gasteiger partial charge is 0.0979 e. The zero-order valence-corrected chi connectivity index (χ0v) is 34.5. The maximum absolute atomic E-state index is 5.31. The first kappa shape index (κ1) is 35.6. The molecule has 12 aromatic rings. The minimum atomic E-state index is 0.863. The molecule has 0 spiro atoms. The van der Waals surface area contributed by atoms with E-state index in [-0.39, 0.29) is 0 Å². The molecule has 2 aromatic heterocycles. The summed E-state index contributed by atoms with van der Waals surface area (Å²) in [6, 6.07) is 70.7. The van der Waals surface area contributed by atoms with Gasteiger partial charge >= 0.3 is 0 Å². The van der Waals surface area contributed by atoms with E-state index >= 15 is 0 Å². The zero-order valence-electron chi connectivity index (χ0n) is 34.5. The average molecular weight is 802 g/mol. The number of aromatic nitrogens is 3. The monoisotopic (exact) mass is 801 g/mol. The van der Waals surface area contributed by atoms with Crippen LogP contribution in [0, 0.1) is 0 Å². The summed E-state index contributed by atoms with van der Waals surface area (Å²) in [5.41, 5.74) is 16.2. The van der Waals surface area contributed by atoms with Crippen LogP contribution in [0.25, 0.3) is 121 Å². The van der Waals surface area contributed by atoms with Gasteiger partial charge in [0, 0.05) is 33.1 Å². The van der Waals surface area contributed by atoms with Crippen LogP contribution < -0.4 is 0 Å². The first-order chi connectivity index (χ1) is 31.3. The van der Waals surface area contributed by atoms with E-state index in [0.717, 1.165) is 51.5 Å². The molecule has 0 aliphatic heterocycles. The minimum Gasteiger partial charge on any atom is -0.310 e. The van der Waals surface area contributed by atoms with Gasteiger partial charge in [-0.1, -0.05) is 170 Å². The molecule has 0 fully saturated rings. The van der Waals surface area contributed by atoms with E-state index < -0.39 is 0 Å². The Morgan fingerprint density at radius 2 is 0.937 bits per heavy atom. The predicted molar refractivity (Wildman–Crippen MR) is 265 cm³/mol. The van der Waals surface area contributed by atoms with Crippen LogP contribution in [0.4, 0.5) is 0 Å². The molecule has 10 aromatic carbocycles. The maximum Gasteiger partial charge on any atom is 0.0979 e. The van der Waals surface area contributed by atoms with Crippen LogP contribution in [-0.4, -0.2) is 14.5 Å². The lowest BCUT2D eigenvalue weighted by molar-refractivity contribution is 0.967.